The number of anilines is 1. The fraction of sp³-hybridized carbons (Fsp3) is 0.125. The molecule has 3 nitrogen and oxygen atoms in total. The summed E-state index contributed by atoms with van der Waals surface area (Å²) in [5.41, 5.74) is 11.9. The van der Waals surface area contributed by atoms with Crippen LogP contribution in [0.25, 0.3) is 0 Å². The summed E-state index contributed by atoms with van der Waals surface area (Å²) < 4.78 is 0. The molecule has 0 aliphatic rings. The molecule has 0 aliphatic heterocycles. The maximum absolute atomic E-state index is 5.71. The number of nitrogens with zero attached hydrogens (tertiary/aromatic N) is 1. The topological polar surface area (TPSA) is 64.9 Å². The highest BCUT2D eigenvalue weighted by molar-refractivity contribution is 6.30. The predicted molar refractivity (Wildman–Crippen MR) is 50.8 cm³/mol. The molecule has 0 aromatic carbocycles. The van der Waals surface area contributed by atoms with Crippen LogP contribution in [0.4, 0.5) is 5.82 Å². The highest BCUT2D eigenvalue weighted by Crippen LogP contribution is 2.20. The molecular formula is C8H10ClN3. The number of hydrogen-bond acceptors (Lipinski definition) is 3. The summed E-state index contributed by atoms with van der Waals surface area (Å²) in [6, 6.07) is 1.38. The first-order valence-corrected chi connectivity index (χ1v) is 3.82. The lowest BCUT2D eigenvalue weighted by atomic mass is 10.1. The maximum atomic E-state index is 5.71. The van der Waals surface area contributed by atoms with E-state index >= 15 is 0 Å². The quantitative estimate of drug-likeness (QED) is 0.683. The van der Waals surface area contributed by atoms with Crippen molar-refractivity contribution in [2.45, 2.75) is 6.04 Å². The van der Waals surface area contributed by atoms with Gasteiger partial charge in [0.25, 0.3) is 0 Å². The van der Waals surface area contributed by atoms with Crippen LogP contribution >= 0.6 is 11.6 Å². The van der Waals surface area contributed by atoms with Crippen molar-refractivity contribution in [1.29, 1.82) is 0 Å². The van der Waals surface area contributed by atoms with Crippen LogP contribution in [-0.4, -0.2) is 4.98 Å². The van der Waals surface area contributed by atoms with E-state index in [1.807, 2.05) is 0 Å². The molecule has 0 fully saturated rings. The van der Waals surface area contributed by atoms with Crippen molar-refractivity contribution in [3.63, 3.8) is 0 Å². The summed E-state index contributed by atoms with van der Waals surface area (Å²) in [4.78, 5) is 3.87. The lowest BCUT2D eigenvalue weighted by Gasteiger charge is -2.08. The zero-order chi connectivity index (χ0) is 9.14. The van der Waals surface area contributed by atoms with Crippen LogP contribution < -0.4 is 11.5 Å². The largest absolute Gasteiger partial charge is 0.383 e. The number of nitrogen functional groups attached to an aromatic ring is 1. The molecular weight excluding hydrogens is 174 g/mol. The van der Waals surface area contributed by atoms with Gasteiger partial charge in [0.15, 0.2) is 0 Å². The lowest BCUT2D eigenvalue weighted by Crippen LogP contribution is -2.10. The second kappa shape index (κ2) is 3.56. The van der Waals surface area contributed by atoms with Gasteiger partial charge in [-0.25, -0.2) is 4.98 Å². The van der Waals surface area contributed by atoms with Gasteiger partial charge in [0.1, 0.15) is 5.82 Å². The molecule has 4 heteroatoms. The zero-order valence-electron chi connectivity index (χ0n) is 6.50. The second-order valence-corrected chi connectivity index (χ2v) is 2.83. The second-order valence-electron chi connectivity index (χ2n) is 2.39. The third-order valence-corrected chi connectivity index (χ3v) is 1.74. The number of rotatable bonds is 2. The number of nitrogens with two attached hydrogens (primary N) is 2. The first-order chi connectivity index (χ1) is 5.65. The minimum atomic E-state index is -0.309. The first kappa shape index (κ1) is 9.03. The molecule has 1 aromatic rings. The summed E-state index contributed by atoms with van der Waals surface area (Å²) in [7, 11) is 0. The van der Waals surface area contributed by atoms with Crippen molar-refractivity contribution in [1.82, 2.24) is 4.98 Å². The van der Waals surface area contributed by atoms with E-state index in [1.165, 1.54) is 6.20 Å². The van der Waals surface area contributed by atoms with Gasteiger partial charge in [0.05, 0.1) is 11.1 Å². The first-order valence-electron chi connectivity index (χ1n) is 3.44. The normalized spacial score (nSPS) is 12.5. The maximum Gasteiger partial charge on any atom is 0.128 e. The summed E-state index contributed by atoms with van der Waals surface area (Å²) >= 11 is 5.71. The van der Waals surface area contributed by atoms with E-state index in [0.717, 1.165) is 0 Å². The van der Waals surface area contributed by atoms with Crippen LogP contribution in [0.2, 0.25) is 5.02 Å². The van der Waals surface area contributed by atoms with Crippen LogP contribution in [0.1, 0.15) is 11.6 Å². The van der Waals surface area contributed by atoms with Gasteiger partial charge < -0.3 is 11.5 Å². The van der Waals surface area contributed by atoms with Crippen molar-refractivity contribution in [3.05, 3.63) is 35.5 Å². The number of halogens is 1. The van der Waals surface area contributed by atoms with E-state index in [1.54, 1.807) is 12.1 Å². The Morgan fingerprint density at radius 3 is 2.92 bits per heavy atom. The average molecular weight is 184 g/mol. The van der Waals surface area contributed by atoms with Crippen LogP contribution in [0, 0.1) is 0 Å². The molecule has 1 heterocycles. The monoisotopic (exact) mass is 183 g/mol. The van der Waals surface area contributed by atoms with Gasteiger partial charge in [0, 0.05) is 11.8 Å². The number of pyridine rings is 1. The molecule has 1 unspecified atom stereocenters. The van der Waals surface area contributed by atoms with Crippen molar-refractivity contribution in [2.24, 2.45) is 5.73 Å². The SMILES string of the molecule is C=CC(N)c1cc(Cl)cnc1N. The van der Waals surface area contributed by atoms with Gasteiger partial charge in [-0.05, 0) is 6.07 Å². The number of hydrogen-bond donors (Lipinski definition) is 2. The molecule has 0 saturated carbocycles. The molecule has 0 bridgehead atoms. The van der Waals surface area contributed by atoms with E-state index in [-0.39, 0.29) is 6.04 Å². The third-order valence-electron chi connectivity index (χ3n) is 1.53. The third kappa shape index (κ3) is 1.75. The summed E-state index contributed by atoms with van der Waals surface area (Å²) in [5, 5.41) is 0.525. The summed E-state index contributed by atoms with van der Waals surface area (Å²) in [6.07, 6.45) is 3.07. The van der Waals surface area contributed by atoms with Crippen molar-refractivity contribution in [3.8, 4) is 0 Å². The highest BCUT2D eigenvalue weighted by Gasteiger charge is 2.06. The molecule has 1 aromatic heterocycles. The number of aromatic nitrogens is 1. The Kier molecular flexibility index (Phi) is 2.68. The van der Waals surface area contributed by atoms with Gasteiger partial charge in [-0.1, -0.05) is 17.7 Å². The van der Waals surface area contributed by atoms with E-state index in [2.05, 4.69) is 11.6 Å². The van der Waals surface area contributed by atoms with E-state index in [4.69, 9.17) is 23.1 Å². The Bertz CT molecular complexity index is 298. The van der Waals surface area contributed by atoms with Gasteiger partial charge in [0.2, 0.25) is 0 Å². The van der Waals surface area contributed by atoms with E-state index in [0.29, 0.717) is 16.4 Å². The molecule has 12 heavy (non-hydrogen) atoms. The fourth-order valence-corrected chi connectivity index (χ4v) is 1.03. The molecule has 0 radical (unpaired) electrons. The minimum absolute atomic E-state index is 0.309. The van der Waals surface area contributed by atoms with Gasteiger partial charge in [-0.15, -0.1) is 6.58 Å². The molecule has 0 saturated heterocycles. The Morgan fingerprint density at radius 1 is 1.67 bits per heavy atom. The average Bonchev–Trinajstić information content (AvgIpc) is 2.08. The molecule has 64 valence electrons. The lowest BCUT2D eigenvalue weighted by molar-refractivity contribution is 0.909. The van der Waals surface area contributed by atoms with Crippen molar-refractivity contribution < 1.29 is 0 Å². The fourth-order valence-electron chi connectivity index (χ4n) is 0.859. The Morgan fingerprint density at radius 2 is 2.33 bits per heavy atom. The molecule has 0 aliphatic carbocycles. The highest BCUT2D eigenvalue weighted by atomic mass is 35.5. The molecule has 0 amide bonds. The molecule has 0 spiro atoms. The van der Waals surface area contributed by atoms with Crippen molar-refractivity contribution in [2.75, 3.05) is 5.73 Å². The minimum Gasteiger partial charge on any atom is -0.383 e. The summed E-state index contributed by atoms with van der Waals surface area (Å²) in [6.45, 7) is 3.56. The van der Waals surface area contributed by atoms with Crippen LogP contribution in [0.5, 0.6) is 0 Å². The van der Waals surface area contributed by atoms with Crippen LogP contribution in [0.15, 0.2) is 24.9 Å². The Balaban J connectivity index is 3.12. The van der Waals surface area contributed by atoms with Gasteiger partial charge in [-0.3, -0.25) is 0 Å². The van der Waals surface area contributed by atoms with E-state index in [9.17, 15) is 0 Å². The molecule has 1 atom stereocenters. The zero-order valence-corrected chi connectivity index (χ0v) is 7.25. The Hall–Kier alpha value is -1.06. The van der Waals surface area contributed by atoms with Crippen LogP contribution in [-0.2, 0) is 0 Å². The van der Waals surface area contributed by atoms with Gasteiger partial charge >= 0.3 is 0 Å². The summed E-state index contributed by atoms with van der Waals surface area (Å²) in [5.74, 6) is 0.395. The van der Waals surface area contributed by atoms with Crippen LogP contribution in [0.3, 0.4) is 0 Å². The van der Waals surface area contributed by atoms with Crippen molar-refractivity contribution >= 4 is 17.4 Å². The van der Waals surface area contributed by atoms with Gasteiger partial charge in [-0.2, -0.15) is 0 Å². The predicted octanol–water partition coefficient (Wildman–Crippen LogP) is 1.50. The molecule has 4 N–H and O–H groups in total. The van der Waals surface area contributed by atoms with E-state index < -0.39 is 0 Å². The standard InChI is InChI=1S/C8H10ClN3/c1-2-7(10)6-3-5(9)4-12-8(6)11/h2-4,7H,1,10H2,(H2,11,12). The smallest absolute Gasteiger partial charge is 0.128 e. The Labute approximate surface area is 76.0 Å². The molecule has 1 rings (SSSR count).